The molecule has 2 aromatic carbocycles. The minimum absolute atomic E-state index is 0.00123. The van der Waals surface area contributed by atoms with Gasteiger partial charge in [-0.15, -0.1) is 0 Å². The van der Waals surface area contributed by atoms with Gasteiger partial charge in [-0.05, 0) is 104 Å². The number of aryl methyl sites for hydroxylation is 1. The summed E-state index contributed by atoms with van der Waals surface area (Å²) >= 11 is 0. The first-order valence-corrected chi connectivity index (χ1v) is 23.9. The maximum atomic E-state index is 14.8. The Hall–Kier alpha value is -5.84. The van der Waals surface area contributed by atoms with Gasteiger partial charge in [0, 0.05) is 80.9 Å². The Morgan fingerprint density at radius 2 is 1.82 bits per heavy atom. The van der Waals surface area contributed by atoms with Gasteiger partial charge in [-0.3, -0.25) is 34.0 Å². The van der Waals surface area contributed by atoms with Gasteiger partial charge in [0.2, 0.25) is 17.7 Å². The lowest BCUT2D eigenvalue weighted by Gasteiger charge is -2.46. The van der Waals surface area contributed by atoms with Crippen molar-refractivity contribution in [3.63, 3.8) is 0 Å². The molecular weight excluding hydrogens is 853 g/mol. The van der Waals surface area contributed by atoms with Gasteiger partial charge in [0.25, 0.3) is 5.91 Å². The Balaban J connectivity index is 1.09. The number of aromatic hydroxyl groups is 1. The molecule has 4 aromatic rings. The summed E-state index contributed by atoms with van der Waals surface area (Å²) in [6.07, 6.45) is 3.54. The van der Waals surface area contributed by atoms with E-state index in [2.05, 4.69) is 59.6 Å². The number of fused-ring (bicyclic) bond motifs is 6. The molecule has 5 aliphatic rings. The molecule has 5 aliphatic heterocycles. The van der Waals surface area contributed by atoms with Crippen LogP contribution < -0.4 is 16.1 Å². The number of esters is 1. The molecule has 5 atom stereocenters. The highest BCUT2D eigenvalue weighted by atomic mass is 16.5. The van der Waals surface area contributed by atoms with E-state index in [0.717, 1.165) is 44.5 Å². The highest BCUT2D eigenvalue weighted by molar-refractivity contribution is 5.97. The molecule has 16 heteroatoms. The van der Waals surface area contributed by atoms with Gasteiger partial charge in [-0.1, -0.05) is 39.8 Å². The Labute approximate surface area is 391 Å². The molecule has 4 amide bonds. The van der Waals surface area contributed by atoms with Crippen LogP contribution in [0.5, 0.6) is 5.75 Å². The van der Waals surface area contributed by atoms with Crippen LogP contribution in [-0.4, -0.2) is 130 Å². The third kappa shape index (κ3) is 8.79. The number of hydrogen-bond acceptors (Lipinski definition) is 11. The first-order chi connectivity index (χ1) is 32.0. The quantitative estimate of drug-likeness (QED) is 0.136. The number of hydrogen-bond donors (Lipinski definition) is 4. The second kappa shape index (κ2) is 18.0. The number of nitrogens with one attached hydrogen (secondary N) is 3. The number of phenols is 1. The summed E-state index contributed by atoms with van der Waals surface area (Å²) in [7, 11) is 1.67. The SMILES string of the molecule is CCn1c(-c2cccnc2[C@H](C)OC)c2c3cc(ccc31)-c1cc(O)cc(c1)C[C@H](NC(=O)C(C(C)C)N1CCC3(CN(C(=O)[C@H]4CN4)C3)C1=O)C(=O)N1CCC[C@H](N1)C(=O)OCC(C)(C)C2. The molecular formula is C51H64N8O8. The second-order valence-corrected chi connectivity index (χ2v) is 20.4. The minimum Gasteiger partial charge on any atom is -0.508 e. The van der Waals surface area contributed by atoms with Crippen LogP contribution >= 0.6 is 0 Å². The molecule has 356 valence electrons. The number of cyclic esters (lactones) is 1. The summed E-state index contributed by atoms with van der Waals surface area (Å²) in [5, 5.41) is 19.9. The van der Waals surface area contributed by atoms with E-state index in [9.17, 15) is 29.1 Å². The molecule has 4 saturated heterocycles. The number of aromatic nitrogens is 2. The fraction of sp³-hybridized carbons (Fsp3) is 0.529. The number of pyridine rings is 1. The van der Waals surface area contributed by atoms with Crippen molar-refractivity contribution < 1.29 is 38.6 Å². The Kier molecular flexibility index (Phi) is 12.4. The van der Waals surface area contributed by atoms with E-state index in [0.29, 0.717) is 64.0 Å². The van der Waals surface area contributed by atoms with Crippen molar-refractivity contribution >= 4 is 40.5 Å². The van der Waals surface area contributed by atoms with Gasteiger partial charge in [0.15, 0.2) is 0 Å². The predicted octanol–water partition coefficient (Wildman–Crippen LogP) is 4.51. The van der Waals surface area contributed by atoms with E-state index >= 15 is 0 Å². The number of ether oxygens (including phenoxy) is 2. The molecule has 16 nitrogen and oxygen atoms in total. The largest absolute Gasteiger partial charge is 0.508 e. The summed E-state index contributed by atoms with van der Waals surface area (Å²) in [6, 6.07) is 12.5. The molecule has 0 radical (unpaired) electrons. The van der Waals surface area contributed by atoms with Gasteiger partial charge >= 0.3 is 5.97 Å². The molecule has 9 rings (SSSR count). The third-order valence-electron chi connectivity index (χ3n) is 14.5. The first-order valence-electron chi connectivity index (χ1n) is 23.9. The summed E-state index contributed by atoms with van der Waals surface area (Å²) in [4.78, 5) is 78.4. The molecule has 0 aliphatic carbocycles. The molecule has 4 fully saturated rings. The fourth-order valence-corrected chi connectivity index (χ4v) is 10.8. The number of rotatable bonds is 9. The van der Waals surface area contributed by atoms with Crippen LogP contribution in [0.3, 0.4) is 0 Å². The molecule has 7 heterocycles. The summed E-state index contributed by atoms with van der Waals surface area (Å²) in [5.41, 5.74) is 8.89. The fourth-order valence-electron chi connectivity index (χ4n) is 10.8. The lowest BCUT2D eigenvalue weighted by Crippen LogP contribution is -2.64. The molecule has 67 heavy (non-hydrogen) atoms. The van der Waals surface area contributed by atoms with Gasteiger partial charge in [0.1, 0.15) is 23.9 Å². The molecule has 0 saturated carbocycles. The average Bonchev–Trinajstić information content (AvgIpc) is 4.04. The predicted molar refractivity (Wildman–Crippen MR) is 251 cm³/mol. The van der Waals surface area contributed by atoms with E-state index in [1.165, 1.54) is 5.01 Å². The van der Waals surface area contributed by atoms with E-state index < -0.39 is 46.7 Å². The molecule has 4 N–H and O–H groups in total. The minimum atomic E-state index is -1.14. The van der Waals surface area contributed by atoms with Crippen LogP contribution in [0.25, 0.3) is 33.3 Å². The van der Waals surface area contributed by atoms with E-state index in [4.69, 9.17) is 14.5 Å². The van der Waals surface area contributed by atoms with Crippen molar-refractivity contribution in [2.45, 2.75) is 110 Å². The monoisotopic (exact) mass is 916 g/mol. The van der Waals surface area contributed by atoms with Gasteiger partial charge in [-0.2, -0.15) is 0 Å². The summed E-state index contributed by atoms with van der Waals surface area (Å²) in [6.45, 7) is 14.7. The number of benzene rings is 2. The van der Waals surface area contributed by atoms with Crippen molar-refractivity contribution in [2.24, 2.45) is 16.7 Å². The van der Waals surface area contributed by atoms with Crippen LogP contribution in [0.4, 0.5) is 0 Å². The average molecular weight is 917 g/mol. The summed E-state index contributed by atoms with van der Waals surface area (Å²) in [5.74, 6) is -1.86. The van der Waals surface area contributed by atoms with E-state index in [1.807, 2.05) is 39.0 Å². The maximum Gasteiger partial charge on any atom is 0.324 e. The zero-order valence-electron chi connectivity index (χ0n) is 39.7. The van der Waals surface area contributed by atoms with Crippen LogP contribution in [0.1, 0.15) is 83.7 Å². The van der Waals surface area contributed by atoms with Crippen LogP contribution in [0, 0.1) is 16.7 Å². The zero-order chi connectivity index (χ0) is 47.5. The van der Waals surface area contributed by atoms with Gasteiger partial charge < -0.3 is 39.6 Å². The number of likely N-dealkylation sites (tertiary alicyclic amines) is 2. The van der Waals surface area contributed by atoms with E-state index in [1.54, 1.807) is 35.2 Å². The molecule has 2 aromatic heterocycles. The van der Waals surface area contributed by atoms with Crippen molar-refractivity contribution in [1.29, 1.82) is 0 Å². The Morgan fingerprint density at radius 1 is 1.04 bits per heavy atom. The highest BCUT2D eigenvalue weighted by Crippen LogP contribution is 2.44. The zero-order valence-corrected chi connectivity index (χ0v) is 39.7. The highest BCUT2D eigenvalue weighted by Gasteiger charge is 2.59. The van der Waals surface area contributed by atoms with Gasteiger partial charge in [-0.25, -0.2) is 5.43 Å². The number of carbonyl (C=O) groups is 5. The van der Waals surface area contributed by atoms with Crippen molar-refractivity contribution in [2.75, 3.05) is 46.4 Å². The normalized spacial score (nSPS) is 23.5. The molecule has 6 bridgehead atoms. The van der Waals surface area contributed by atoms with Crippen LogP contribution in [0.2, 0.25) is 0 Å². The lowest BCUT2D eigenvalue weighted by molar-refractivity contribution is -0.157. The Bertz CT molecular complexity index is 2610. The van der Waals surface area contributed by atoms with Crippen molar-refractivity contribution in [3.05, 3.63) is 71.5 Å². The second-order valence-electron chi connectivity index (χ2n) is 20.4. The van der Waals surface area contributed by atoms with E-state index in [-0.39, 0.29) is 55.2 Å². The topological polar surface area (TPSA) is 198 Å². The summed E-state index contributed by atoms with van der Waals surface area (Å²) < 4.78 is 14.2. The maximum absolute atomic E-state index is 14.8. The standard InChI is InChI=1S/C51H64N8O8/c1-8-57-41-14-13-32-23-36(41)37(44(57)35-11-9-16-52-42(35)30(4)66-7)24-50(5,6)28-67-48(64)38-12-10-17-59(55-38)47(63)39(21-31-19-33(32)22-34(60)20-31)54-45(61)43(29(2)3)58-18-15-51(49(58)65)26-56(27-51)46(62)40-25-53-40/h9,11,13-14,16,19-20,22-23,29-30,38-40,43,53,55,60H,8,10,12,15,17-18,21,24-28H2,1-7H3,(H,54,61)/t30-,38-,39-,40+,43?/m0/s1. The van der Waals surface area contributed by atoms with Crippen LogP contribution in [-0.2, 0) is 52.8 Å². The third-order valence-corrected chi connectivity index (χ3v) is 14.5. The van der Waals surface area contributed by atoms with Crippen LogP contribution in [0.15, 0.2) is 54.7 Å². The number of carbonyl (C=O) groups excluding carboxylic acids is 5. The lowest BCUT2D eigenvalue weighted by atomic mass is 9.78. The molecule has 1 spiro atoms. The molecule has 1 unspecified atom stereocenters. The number of hydrazine groups is 1. The number of methoxy groups -OCH3 is 1. The number of nitrogens with zero attached hydrogens (tertiary/aromatic N) is 5. The van der Waals surface area contributed by atoms with Crippen molar-refractivity contribution in [1.82, 2.24) is 40.4 Å². The smallest absolute Gasteiger partial charge is 0.324 e. The number of amides is 4. The number of phenolic OH excluding ortho intramolecular Hbond substituents is 1. The Morgan fingerprint density at radius 3 is 2.54 bits per heavy atom. The van der Waals surface area contributed by atoms with Gasteiger partial charge in [0.05, 0.1) is 35.6 Å². The first kappa shape index (κ1) is 46.3. The van der Waals surface area contributed by atoms with Crippen molar-refractivity contribution in [3.8, 4) is 28.1 Å².